The highest BCUT2D eigenvalue weighted by Crippen LogP contribution is 2.38. The van der Waals surface area contributed by atoms with Crippen LogP contribution in [0.15, 0.2) is 0 Å². The Morgan fingerprint density at radius 3 is 2.76 bits per heavy atom. The van der Waals surface area contributed by atoms with Crippen molar-refractivity contribution in [3.63, 3.8) is 0 Å². The first-order valence-electron chi connectivity index (χ1n) is 6.35. The van der Waals surface area contributed by atoms with Crippen LogP contribution in [-0.4, -0.2) is 41.7 Å². The summed E-state index contributed by atoms with van der Waals surface area (Å²) in [6.07, 6.45) is 1.92. The van der Waals surface area contributed by atoms with Crippen LogP contribution in [0.3, 0.4) is 0 Å². The van der Waals surface area contributed by atoms with Crippen molar-refractivity contribution in [3.8, 4) is 0 Å². The first-order chi connectivity index (χ1) is 7.94. The van der Waals surface area contributed by atoms with Gasteiger partial charge in [-0.3, -0.25) is 10.2 Å². The van der Waals surface area contributed by atoms with E-state index in [1.807, 2.05) is 13.8 Å². The molecule has 1 saturated carbocycles. The first-order valence-corrected chi connectivity index (χ1v) is 6.35. The number of nitrogens with zero attached hydrogens (tertiary/aromatic N) is 1. The quantitative estimate of drug-likeness (QED) is 0.360. The van der Waals surface area contributed by atoms with Gasteiger partial charge >= 0.3 is 0 Å². The molecule has 4 N–H and O–H groups in total. The first kappa shape index (κ1) is 12.8. The van der Waals surface area contributed by atoms with Crippen molar-refractivity contribution < 1.29 is 9.90 Å². The Hall–Kier alpha value is -0.650. The molecule has 1 saturated heterocycles. The Labute approximate surface area is 102 Å². The lowest BCUT2D eigenvalue weighted by Crippen LogP contribution is -2.47. The van der Waals surface area contributed by atoms with E-state index in [9.17, 15) is 9.90 Å². The van der Waals surface area contributed by atoms with E-state index in [1.54, 1.807) is 0 Å². The van der Waals surface area contributed by atoms with E-state index in [4.69, 9.17) is 5.84 Å². The second-order valence-electron chi connectivity index (χ2n) is 6.12. The molecule has 5 heteroatoms. The molecule has 2 rings (SSSR count). The summed E-state index contributed by atoms with van der Waals surface area (Å²) in [7, 11) is 0. The van der Waals surface area contributed by atoms with Gasteiger partial charge in [-0.1, -0.05) is 0 Å². The average molecular weight is 241 g/mol. The fourth-order valence-corrected chi connectivity index (χ4v) is 3.28. The fraction of sp³-hybridized carbons (Fsp3) is 0.917. The molecule has 3 atom stereocenters. The molecule has 1 amide bonds. The minimum atomic E-state index is -0.474. The summed E-state index contributed by atoms with van der Waals surface area (Å²) in [5.41, 5.74) is 1.75. The molecule has 0 aromatic carbocycles. The molecule has 0 aromatic heterocycles. The molecule has 1 aliphatic carbocycles. The number of nitrogens with one attached hydrogen (secondary N) is 1. The van der Waals surface area contributed by atoms with Crippen molar-refractivity contribution in [2.24, 2.45) is 23.1 Å². The van der Waals surface area contributed by atoms with Crippen LogP contribution in [0.25, 0.3) is 0 Å². The van der Waals surface area contributed by atoms with Crippen molar-refractivity contribution in [1.82, 2.24) is 10.3 Å². The maximum Gasteiger partial charge on any atom is 0.240 e. The van der Waals surface area contributed by atoms with Crippen LogP contribution in [0.1, 0.15) is 26.7 Å². The maximum atomic E-state index is 11.6. The van der Waals surface area contributed by atoms with Gasteiger partial charge in [-0.25, -0.2) is 5.84 Å². The molecule has 5 nitrogen and oxygen atoms in total. The van der Waals surface area contributed by atoms with Gasteiger partial charge in [0.1, 0.15) is 0 Å². The van der Waals surface area contributed by atoms with Crippen molar-refractivity contribution in [1.29, 1.82) is 0 Å². The van der Waals surface area contributed by atoms with Gasteiger partial charge in [0.05, 0.1) is 11.5 Å². The number of hydrogen-bond donors (Lipinski definition) is 3. The predicted octanol–water partition coefficient (Wildman–Crippen LogP) is -0.295. The van der Waals surface area contributed by atoms with Crippen molar-refractivity contribution in [3.05, 3.63) is 0 Å². The summed E-state index contributed by atoms with van der Waals surface area (Å²) >= 11 is 0. The van der Waals surface area contributed by atoms with Gasteiger partial charge in [0.15, 0.2) is 0 Å². The molecule has 98 valence electrons. The van der Waals surface area contributed by atoms with Gasteiger partial charge in [0, 0.05) is 25.6 Å². The molecular weight excluding hydrogens is 218 g/mol. The largest absolute Gasteiger partial charge is 0.393 e. The van der Waals surface area contributed by atoms with Gasteiger partial charge in [0.25, 0.3) is 0 Å². The molecular formula is C12H23N3O2. The average Bonchev–Trinajstić information content (AvgIpc) is 2.79. The summed E-state index contributed by atoms with van der Waals surface area (Å²) in [6, 6.07) is 0. The third kappa shape index (κ3) is 2.46. The lowest BCUT2D eigenvalue weighted by atomic mass is 9.92. The number of carbonyl (C=O) groups excluding carboxylic acids is 1. The van der Waals surface area contributed by atoms with Crippen molar-refractivity contribution in [2.75, 3.05) is 19.6 Å². The zero-order valence-corrected chi connectivity index (χ0v) is 10.6. The van der Waals surface area contributed by atoms with Gasteiger partial charge in [-0.2, -0.15) is 0 Å². The number of nitrogens with two attached hydrogens (primary N) is 1. The number of rotatable bonds is 3. The molecule has 1 heterocycles. The maximum absolute atomic E-state index is 11.6. The Bertz CT molecular complexity index is 306. The molecule has 0 radical (unpaired) electrons. The standard InChI is InChI=1S/C12H23N3O2/c1-12(2,11(17)14-13)7-15-5-8-3-4-10(16)9(8)6-15/h8-10,16H,3-7,13H2,1-2H3,(H,14,17). The summed E-state index contributed by atoms with van der Waals surface area (Å²) < 4.78 is 0. The van der Waals surface area contributed by atoms with E-state index < -0.39 is 5.41 Å². The molecule has 3 unspecified atom stereocenters. The number of amides is 1. The third-order valence-corrected chi connectivity index (χ3v) is 4.26. The highest BCUT2D eigenvalue weighted by Gasteiger charge is 2.43. The van der Waals surface area contributed by atoms with Crippen LogP contribution in [-0.2, 0) is 4.79 Å². The predicted molar refractivity (Wildman–Crippen MR) is 64.8 cm³/mol. The fourth-order valence-electron chi connectivity index (χ4n) is 3.28. The monoisotopic (exact) mass is 241 g/mol. The number of aliphatic hydroxyl groups excluding tert-OH is 1. The zero-order valence-electron chi connectivity index (χ0n) is 10.6. The molecule has 0 spiro atoms. The van der Waals surface area contributed by atoms with E-state index in [-0.39, 0.29) is 12.0 Å². The highest BCUT2D eigenvalue weighted by molar-refractivity contribution is 5.81. The van der Waals surface area contributed by atoms with Gasteiger partial charge in [0.2, 0.25) is 5.91 Å². The van der Waals surface area contributed by atoms with Crippen LogP contribution in [0, 0.1) is 17.3 Å². The number of carbonyl (C=O) groups is 1. The molecule has 2 aliphatic rings. The number of fused-ring (bicyclic) bond motifs is 1. The Balaban J connectivity index is 1.92. The van der Waals surface area contributed by atoms with E-state index in [1.165, 1.54) is 0 Å². The van der Waals surface area contributed by atoms with E-state index >= 15 is 0 Å². The van der Waals surface area contributed by atoms with Crippen LogP contribution in [0.4, 0.5) is 0 Å². The second-order valence-corrected chi connectivity index (χ2v) is 6.12. The van der Waals surface area contributed by atoms with Crippen LogP contribution >= 0.6 is 0 Å². The number of likely N-dealkylation sites (tertiary alicyclic amines) is 1. The summed E-state index contributed by atoms with van der Waals surface area (Å²) in [6.45, 7) is 6.42. The summed E-state index contributed by atoms with van der Waals surface area (Å²) in [5.74, 6) is 6.08. The highest BCUT2D eigenvalue weighted by atomic mass is 16.3. The number of hydrogen-bond acceptors (Lipinski definition) is 4. The van der Waals surface area contributed by atoms with E-state index in [0.717, 1.165) is 25.9 Å². The van der Waals surface area contributed by atoms with Gasteiger partial charge < -0.3 is 10.0 Å². The Morgan fingerprint density at radius 2 is 2.18 bits per heavy atom. The smallest absolute Gasteiger partial charge is 0.240 e. The molecule has 17 heavy (non-hydrogen) atoms. The SMILES string of the molecule is CC(C)(CN1CC2CCC(O)C2C1)C(=O)NN. The Morgan fingerprint density at radius 1 is 1.47 bits per heavy atom. The molecule has 0 bridgehead atoms. The third-order valence-electron chi connectivity index (χ3n) is 4.26. The summed E-state index contributed by atoms with van der Waals surface area (Å²) in [4.78, 5) is 13.9. The summed E-state index contributed by atoms with van der Waals surface area (Å²) in [5, 5.41) is 9.84. The minimum absolute atomic E-state index is 0.130. The zero-order chi connectivity index (χ0) is 12.6. The second kappa shape index (κ2) is 4.55. The van der Waals surface area contributed by atoms with Crippen molar-refractivity contribution in [2.45, 2.75) is 32.8 Å². The lowest BCUT2D eigenvalue weighted by Gasteiger charge is -2.29. The van der Waals surface area contributed by atoms with Gasteiger partial charge in [-0.15, -0.1) is 0 Å². The van der Waals surface area contributed by atoms with E-state index in [0.29, 0.717) is 18.4 Å². The Kier molecular flexibility index (Phi) is 3.43. The number of hydrazine groups is 1. The minimum Gasteiger partial charge on any atom is -0.393 e. The number of aliphatic hydroxyl groups is 1. The van der Waals surface area contributed by atoms with E-state index in [2.05, 4.69) is 10.3 Å². The van der Waals surface area contributed by atoms with Crippen molar-refractivity contribution >= 4 is 5.91 Å². The van der Waals surface area contributed by atoms with Gasteiger partial charge in [-0.05, 0) is 32.6 Å². The van der Waals surface area contributed by atoms with Crippen LogP contribution < -0.4 is 11.3 Å². The molecule has 0 aromatic rings. The van der Waals surface area contributed by atoms with Crippen LogP contribution in [0.5, 0.6) is 0 Å². The van der Waals surface area contributed by atoms with Crippen LogP contribution in [0.2, 0.25) is 0 Å². The molecule has 1 aliphatic heterocycles. The normalized spacial score (nSPS) is 33.8. The lowest BCUT2D eigenvalue weighted by molar-refractivity contribution is -0.130. The molecule has 2 fully saturated rings. The topological polar surface area (TPSA) is 78.6 Å².